The summed E-state index contributed by atoms with van der Waals surface area (Å²) in [5, 5.41) is 3.39. The van der Waals surface area contributed by atoms with Gasteiger partial charge in [-0.2, -0.15) is 0 Å². The van der Waals surface area contributed by atoms with Crippen molar-refractivity contribution in [3.05, 3.63) is 30.3 Å². The van der Waals surface area contributed by atoms with E-state index in [1.165, 1.54) is 25.5 Å². The Morgan fingerprint density at radius 3 is 2.46 bits per heavy atom. The highest BCUT2D eigenvalue weighted by Gasteiger charge is 2.14. The van der Waals surface area contributed by atoms with Crippen LogP contribution in [-0.4, -0.2) is 51.7 Å². The van der Waals surface area contributed by atoms with Crippen molar-refractivity contribution in [3.8, 4) is 0 Å². The first-order valence-electron chi connectivity index (χ1n) is 8.11. The standard InChI is InChI=1S/C16H26N4O2S.HI/c1-23(21,22)18-12-8-11-17-16(20-13-6-3-7-14-20)19-15-9-4-2-5-10-15;/h2,4-5,9-10,18H,3,6-8,11-14H2,1H3,(H,17,19);1H. The van der Waals surface area contributed by atoms with Gasteiger partial charge in [-0.1, -0.05) is 18.2 Å². The lowest BCUT2D eigenvalue weighted by Gasteiger charge is -2.30. The number of likely N-dealkylation sites (tertiary alicyclic amines) is 1. The van der Waals surface area contributed by atoms with Crippen molar-refractivity contribution in [2.45, 2.75) is 25.7 Å². The molecule has 0 unspecified atom stereocenters. The highest BCUT2D eigenvalue weighted by atomic mass is 127. The first-order chi connectivity index (χ1) is 11.0. The average molecular weight is 466 g/mol. The summed E-state index contributed by atoms with van der Waals surface area (Å²) in [6, 6.07) is 10.0. The predicted molar refractivity (Wildman–Crippen MR) is 111 cm³/mol. The molecule has 8 heteroatoms. The van der Waals surface area contributed by atoms with Crippen LogP contribution in [0.4, 0.5) is 5.69 Å². The van der Waals surface area contributed by atoms with Gasteiger partial charge in [0.05, 0.1) is 6.26 Å². The number of halogens is 1. The Bertz CT molecular complexity index is 602. The third kappa shape index (κ3) is 8.29. The molecule has 1 aliphatic rings. The van der Waals surface area contributed by atoms with E-state index < -0.39 is 10.0 Å². The molecule has 1 fully saturated rings. The number of guanidine groups is 1. The minimum Gasteiger partial charge on any atom is -0.343 e. The second-order valence-corrected chi connectivity index (χ2v) is 7.60. The third-order valence-corrected chi connectivity index (χ3v) is 4.37. The van der Waals surface area contributed by atoms with E-state index in [2.05, 4.69) is 19.9 Å². The van der Waals surface area contributed by atoms with E-state index in [9.17, 15) is 8.42 Å². The first kappa shape index (κ1) is 21.2. The van der Waals surface area contributed by atoms with Crippen molar-refractivity contribution >= 4 is 45.6 Å². The number of benzene rings is 1. The number of para-hydroxylation sites is 1. The second kappa shape index (κ2) is 10.9. The van der Waals surface area contributed by atoms with Crippen LogP contribution in [0.5, 0.6) is 0 Å². The summed E-state index contributed by atoms with van der Waals surface area (Å²) >= 11 is 0. The van der Waals surface area contributed by atoms with Crippen LogP contribution in [0.3, 0.4) is 0 Å². The quantitative estimate of drug-likeness (QED) is 0.293. The van der Waals surface area contributed by atoms with Crippen LogP contribution in [-0.2, 0) is 10.0 Å². The lowest BCUT2D eigenvalue weighted by molar-refractivity contribution is 0.340. The van der Waals surface area contributed by atoms with Crippen LogP contribution >= 0.6 is 24.0 Å². The van der Waals surface area contributed by atoms with Crippen molar-refractivity contribution in [3.63, 3.8) is 0 Å². The SMILES string of the molecule is CS(=O)(=O)NCCCN=C(Nc1ccccc1)N1CCCCC1.I. The van der Waals surface area contributed by atoms with Crippen LogP contribution in [0.15, 0.2) is 35.3 Å². The summed E-state index contributed by atoms with van der Waals surface area (Å²) in [5.74, 6) is 0.884. The van der Waals surface area contributed by atoms with Crippen molar-refractivity contribution in [2.24, 2.45) is 4.99 Å². The van der Waals surface area contributed by atoms with E-state index in [-0.39, 0.29) is 24.0 Å². The van der Waals surface area contributed by atoms with E-state index in [1.54, 1.807) is 0 Å². The molecule has 1 heterocycles. The molecule has 1 saturated heterocycles. The minimum absolute atomic E-state index is 0. The summed E-state index contributed by atoms with van der Waals surface area (Å²) in [6.45, 7) is 3.04. The smallest absolute Gasteiger partial charge is 0.208 e. The molecule has 0 atom stereocenters. The molecule has 24 heavy (non-hydrogen) atoms. The van der Waals surface area contributed by atoms with Crippen molar-refractivity contribution in [2.75, 3.05) is 37.8 Å². The summed E-state index contributed by atoms with van der Waals surface area (Å²) in [4.78, 5) is 6.94. The molecule has 0 amide bonds. The Balaban J connectivity index is 0.00000288. The maximum Gasteiger partial charge on any atom is 0.208 e. The Hall–Kier alpha value is -0.870. The van der Waals surface area contributed by atoms with Gasteiger partial charge >= 0.3 is 0 Å². The summed E-state index contributed by atoms with van der Waals surface area (Å²) in [7, 11) is -3.12. The molecule has 2 rings (SSSR count). The fourth-order valence-electron chi connectivity index (χ4n) is 2.50. The Kier molecular flexibility index (Phi) is 9.60. The molecule has 0 spiro atoms. The zero-order chi connectivity index (χ0) is 16.5. The summed E-state index contributed by atoms with van der Waals surface area (Å²) in [6.07, 6.45) is 5.50. The maximum atomic E-state index is 11.0. The maximum absolute atomic E-state index is 11.0. The number of nitrogens with one attached hydrogen (secondary N) is 2. The van der Waals surface area contributed by atoms with Gasteiger partial charge in [0.15, 0.2) is 5.96 Å². The van der Waals surface area contributed by atoms with Gasteiger partial charge in [-0.15, -0.1) is 24.0 Å². The number of aliphatic imine (C=N–C) groups is 1. The number of piperidine rings is 1. The number of hydrogen-bond donors (Lipinski definition) is 2. The van der Waals surface area contributed by atoms with Gasteiger partial charge in [0.25, 0.3) is 0 Å². The Labute approximate surface area is 162 Å². The molecule has 0 radical (unpaired) electrons. The fraction of sp³-hybridized carbons (Fsp3) is 0.562. The minimum atomic E-state index is -3.12. The molecular weight excluding hydrogens is 439 g/mol. The molecule has 1 aromatic carbocycles. The fourth-order valence-corrected chi connectivity index (χ4v) is 3.01. The first-order valence-corrected chi connectivity index (χ1v) is 10.00. The van der Waals surface area contributed by atoms with Gasteiger partial charge in [-0.25, -0.2) is 13.1 Å². The van der Waals surface area contributed by atoms with E-state index in [4.69, 9.17) is 0 Å². The average Bonchev–Trinajstić information content (AvgIpc) is 2.54. The van der Waals surface area contributed by atoms with E-state index in [0.29, 0.717) is 19.5 Å². The van der Waals surface area contributed by atoms with Crippen LogP contribution < -0.4 is 10.0 Å². The zero-order valence-corrected chi connectivity index (χ0v) is 17.2. The van der Waals surface area contributed by atoms with Crippen LogP contribution in [0.25, 0.3) is 0 Å². The van der Waals surface area contributed by atoms with Gasteiger partial charge in [-0.3, -0.25) is 4.99 Å². The number of nitrogens with zero attached hydrogens (tertiary/aromatic N) is 2. The third-order valence-electron chi connectivity index (χ3n) is 3.65. The lowest BCUT2D eigenvalue weighted by Crippen LogP contribution is -2.40. The molecule has 1 aromatic rings. The van der Waals surface area contributed by atoms with Gasteiger partial charge in [0.1, 0.15) is 0 Å². The number of hydrogen-bond acceptors (Lipinski definition) is 3. The van der Waals surface area contributed by atoms with Gasteiger partial charge in [-0.05, 0) is 37.8 Å². The Morgan fingerprint density at radius 1 is 1.17 bits per heavy atom. The number of rotatable bonds is 6. The van der Waals surface area contributed by atoms with Gasteiger partial charge in [0, 0.05) is 31.9 Å². The molecule has 1 aliphatic heterocycles. The highest BCUT2D eigenvalue weighted by Crippen LogP contribution is 2.12. The van der Waals surface area contributed by atoms with Gasteiger partial charge < -0.3 is 10.2 Å². The lowest BCUT2D eigenvalue weighted by atomic mass is 10.1. The molecule has 0 aliphatic carbocycles. The highest BCUT2D eigenvalue weighted by molar-refractivity contribution is 14.0. The van der Waals surface area contributed by atoms with Crippen molar-refractivity contribution in [1.29, 1.82) is 0 Å². The van der Waals surface area contributed by atoms with Gasteiger partial charge in [0.2, 0.25) is 10.0 Å². The number of anilines is 1. The molecule has 136 valence electrons. The van der Waals surface area contributed by atoms with Crippen LogP contribution in [0.2, 0.25) is 0 Å². The molecule has 0 saturated carbocycles. The molecule has 6 nitrogen and oxygen atoms in total. The number of sulfonamides is 1. The topological polar surface area (TPSA) is 73.8 Å². The molecular formula is C16H27IN4O2S. The van der Waals surface area contributed by atoms with E-state index in [1.807, 2.05) is 30.3 Å². The van der Waals surface area contributed by atoms with Crippen LogP contribution in [0.1, 0.15) is 25.7 Å². The summed E-state index contributed by atoms with van der Waals surface area (Å²) < 4.78 is 24.6. The summed E-state index contributed by atoms with van der Waals surface area (Å²) in [5.41, 5.74) is 1.02. The Morgan fingerprint density at radius 2 is 1.83 bits per heavy atom. The van der Waals surface area contributed by atoms with Crippen LogP contribution in [0, 0.1) is 0 Å². The molecule has 0 aromatic heterocycles. The zero-order valence-electron chi connectivity index (χ0n) is 14.1. The van der Waals surface area contributed by atoms with E-state index in [0.717, 1.165) is 24.7 Å². The van der Waals surface area contributed by atoms with Crippen molar-refractivity contribution in [1.82, 2.24) is 9.62 Å². The largest absolute Gasteiger partial charge is 0.343 e. The van der Waals surface area contributed by atoms with Crippen molar-refractivity contribution < 1.29 is 8.42 Å². The van der Waals surface area contributed by atoms with E-state index >= 15 is 0 Å². The molecule has 2 N–H and O–H groups in total. The molecule has 0 bridgehead atoms. The predicted octanol–water partition coefficient (Wildman–Crippen LogP) is 2.50. The normalized spacial score (nSPS) is 15.7. The second-order valence-electron chi connectivity index (χ2n) is 5.76. The monoisotopic (exact) mass is 466 g/mol.